The topological polar surface area (TPSA) is 63.8 Å². The van der Waals surface area contributed by atoms with E-state index in [1.165, 1.54) is 0 Å². The van der Waals surface area contributed by atoms with Crippen molar-refractivity contribution in [3.8, 4) is 11.5 Å². The molecule has 2 aromatic heterocycles. The second kappa shape index (κ2) is 4.74. The van der Waals surface area contributed by atoms with Crippen molar-refractivity contribution in [3.63, 3.8) is 0 Å². The molecule has 0 amide bonds. The summed E-state index contributed by atoms with van der Waals surface area (Å²) < 4.78 is 5.42. The van der Waals surface area contributed by atoms with Crippen molar-refractivity contribution in [1.82, 2.24) is 20.4 Å². The van der Waals surface area contributed by atoms with E-state index in [0.29, 0.717) is 23.6 Å². The van der Waals surface area contributed by atoms with Gasteiger partial charge in [0.1, 0.15) is 5.69 Å². The van der Waals surface area contributed by atoms with Crippen LogP contribution in [-0.2, 0) is 0 Å². The van der Waals surface area contributed by atoms with Gasteiger partial charge in [-0.1, -0.05) is 18.1 Å². The van der Waals surface area contributed by atoms with Gasteiger partial charge in [0.15, 0.2) is 0 Å². The molecule has 0 saturated carbocycles. The smallest absolute Gasteiger partial charge is 0.231 e. The molecule has 19 heavy (non-hydrogen) atoms. The third-order valence-corrected chi connectivity index (χ3v) is 3.70. The SMILES string of the molecule is Cc1cnc(-c2noc([C@@H]3CNC[C@H]3C)n2)c(C)c1. The summed E-state index contributed by atoms with van der Waals surface area (Å²) in [6, 6.07) is 2.08. The van der Waals surface area contributed by atoms with Gasteiger partial charge in [-0.25, -0.2) is 0 Å². The molecule has 1 saturated heterocycles. The Morgan fingerprint density at radius 2 is 2.16 bits per heavy atom. The molecule has 3 heterocycles. The van der Waals surface area contributed by atoms with Crippen LogP contribution in [-0.4, -0.2) is 28.2 Å². The van der Waals surface area contributed by atoms with Crippen LogP contribution in [0, 0.1) is 19.8 Å². The van der Waals surface area contributed by atoms with E-state index in [4.69, 9.17) is 4.52 Å². The first kappa shape index (κ1) is 12.3. The molecule has 1 aliphatic heterocycles. The zero-order chi connectivity index (χ0) is 13.4. The minimum absolute atomic E-state index is 0.312. The summed E-state index contributed by atoms with van der Waals surface area (Å²) in [5.41, 5.74) is 3.02. The van der Waals surface area contributed by atoms with Crippen molar-refractivity contribution in [2.45, 2.75) is 26.7 Å². The Morgan fingerprint density at radius 1 is 1.32 bits per heavy atom. The highest BCUT2D eigenvalue weighted by molar-refractivity contribution is 5.54. The molecular formula is C14H18N4O. The summed E-state index contributed by atoms with van der Waals surface area (Å²) in [7, 11) is 0. The molecule has 0 aromatic carbocycles. The lowest BCUT2D eigenvalue weighted by Gasteiger charge is -2.07. The predicted molar refractivity (Wildman–Crippen MR) is 71.8 cm³/mol. The van der Waals surface area contributed by atoms with Gasteiger partial charge in [-0.05, 0) is 37.4 Å². The van der Waals surface area contributed by atoms with Crippen molar-refractivity contribution >= 4 is 0 Å². The fraction of sp³-hybridized carbons (Fsp3) is 0.500. The molecule has 0 radical (unpaired) electrons. The number of aryl methyl sites for hydroxylation is 2. The summed E-state index contributed by atoms with van der Waals surface area (Å²) in [5, 5.41) is 7.42. The van der Waals surface area contributed by atoms with Gasteiger partial charge in [0.05, 0.1) is 5.92 Å². The van der Waals surface area contributed by atoms with Gasteiger partial charge in [0.2, 0.25) is 11.7 Å². The number of rotatable bonds is 2. The summed E-state index contributed by atoms with van der Waals surface area (Å²) in [5.74, 6) is 2.15. The molecule has 1 fully saturated rings. The van der Waals surface area contributed by atoms with Gasteiger partial charge < -0.3 is 9.84 Å². The fourth-order valence-electron chi connectivity index (χ4n) is 2.57. The van der Waals surface area contributed by atoms with Crippen LogP contribution in [0.3, 0.4) is 0 Å². The van der Waals surface area contributed by atoms with Crippen LogP contribution in [0.1, 0.15) is 29.9 Å². The summed E-state index contributed by atoms with van der Waals surface area (Å²) in [6.07, 6.45) is 1.83. The first-order valence-electron chi connectivity index (χ1n) is 6.63. The van der Waals surface area contributed by atoms with Crippen molar-refractivity contribution < 1.29 is 4.52 Å². The lowest BCUT2D eigenvalue weighted by Crippen LogP contribution is -2.08. The predicted octanol–water partition coefficient (Wildman–Crippen LogP) is 2.07. The van der Waals surface area contributed by atoms with Crippen molar-refractivity contribution in [3.05, 3.63) is 29.3 Å². The van der Waals surface area contributed by atoms with Crippen molar-refractivity contribution in [1.29, 1.82) is 0 Å². The molecule has 2 atom stereocenters. The number of pyridine rings is 1. The fourth-order valence-corrected chi connectivity index (χ4v) is 2.57. The monoisotopic (exact) mass is 258 g/mol. The lowest BCUT2D eigenvalue weighted by atomic mass is 9.98. The minimum atomic E-state index is 0.312. The zero-order valence-corrected chi connectivity index (χ0v) is 11.5. The number of hydrogen-bond donors (Lipinski definition) is 1. The molecule has 1 aliphatic rings. The maximum absolute atomic E-state index is 5.42. The molecule has 0 unspecified atom stereocenters. The van der Waals surface area contributed by atoms with E-state index in [2.05, 4.69) is 33.4 Å². The highest BCUT2D eigenvalue weighted by Crippen LogP contribution is 2.28. The zero-order valence-electron chi connectivity index (χ0n) is 11.5. The van der Waals surface area contributed by atoms with Gasteiger partial charge in [-0.2, -0.15) is 4.98 Å². The molecule has 0 bridgehead atoms. The van der Waals surface area contributed by atoms with E-state index < -0.39 is 0 Å². The molecule has 3 rings (SSSR count). The number of hydrogen-bond acceptors (Lipinski definition) is 5. The van der Waals surface area contributed by atoms with Gasteiger partial charge in [0.25, 0.3) is 0 Å². The van der Waals surface area contributed by atoms with E-state index in [-0.39, 0.29) is 0 Å². The van der Waals surface area contributed by atoms with E-state index in [0.717, 1.165) is 29.9 Å². The van der Waals surface area contributed by atoms with Crippen molar-refractivity contribution in [2.24, 2.45) is 5.92 Å². The molecule has 1 N–H and O–H groups in total. The average Bonchev–Trinajstić information content (AvgIpc) is 2.97. The number of aromatic nitrogens is 3. The van der Waals surface area contributed by atoms with Crippen LogP contribution in [0.15, 0.2) is 16.8 Å². The quantitative estimate of drug-likeness (QED) is 0.893. The van der Waals surface area contributed by atoms with E-state index >= 15 is 0 Å². The third kappa shape index (κ3) is 2.26. The Bertz CT molecular complexity index is 593. The van der Waals surface area contributed by atoms with Crippen LogP contribution in [0.5, 0.6) is 0 Å². The van der Waals surface area contributed by atoms with Crippen LogP contribution < -0.4 is 5.32 Å². The normalized spacial score (nSPS) is 22.9. The second-order valence-corrected chi connectivity index (χ2v) is 5.38. The van der Waals surface area contributed by atoms with Crippen LogP contribution >= 0.6 is 0 Å². The van der Waals surface area contributed by atoms with Crippen LogP contribution in [0.25, 0.3) is 11.5 Å². The molecular weight excluding hydrogens is 240 g/mol. The minimum Gasteiger partial charge on any atom is -0.339 e. The Balaban J connectivity index is 1.92. The highest BCUT2D eigenvalue weighted by atomic mass is 16.5. The summed E-state index contributed by atoms with van der Waals surface area (Å²) in [4.78, 5) is 8.93. The molecule has 5 heteroatoms. The number of nitrogens with zero attached hydrogens (tertiary/aromatic N) is 3. The van der Waals surface area contributed by atoms with Crippen LogP contribution in [0.2, 0.25) is 0 Å². The number of nitrogens with one attached hydrogen (secondary N) is 1. The maximum atomic E-state index is 5.42. The summed E-state index contributed by atoms with van der Waals surface area (Å²) in [6.45, 7) is 8.15. The first-order chi connectivity index (χ1) is 9.15. The van der Waals surface area contributed by atoms with Crippen molar-refractivity contribution in [2.75, 3.05) is 13.1 Å². The largest absolute Gasteiger partial charge is 0.339 e. The Hall–Kier alpha value is -1.75. The highest BCUT2D eigenvalue weighted by Gasteiger charge is 2.30. The lowest BCUT2D eigenvalue weighted by molar-refractivity contribution is 0.340. The third-order valence-electron chi connectivity index (χ3n) is 3.70. The summed E-state index contributed by atoms with van der Waals surface area (Å²) >= 11 is 0. The first-order valence-corrected chi connectivity index (χ1v) is 6.63. The second-order valence-electron chi connectivity index (χ2n) is 5.38. The van der Waals surface area contributed by atoms with Gasteiger partial charge in [-0.15, -0.1) is 0 Å². The van der Waals surface area contributed by atoms with Gasteiger partial charge in [0, 0.05) is 12.7 Å². The van der Waals surface area contributed by atoms with E-state index in [1.54, 1.807) is 0 Å². The molecule has 0 spiro atoms. The molecule has 5 nitrogen and oxygen atoms in total. The maximum Gasteiger partial charge on any atom is 0.231 e. The van der Waals surface area contributed by atoms with Crippen LogP contribution in [0.4, 0.5) is 0 Å². The molecule has 2 aromatic rings. The Labute approximate surface area is 112 Å². The van der Waals surface area contributed by atoms with E-state index in [1.807, 2.05) is 20.0 Å². The van der Waals surface area contributed by atoms with E-state index in [9.17, 15) is 0 Å². The van der Waals surface area contributed by atoms with Gasteiger partial charge >= 0.3 is 0 Å². The Morgan fingerprint density at radius 3 is 2.84 bits per heavy atom. The molecule has 0 aliphatic carbocycles. The average molecular weight is 258 g/mol. The van der Waals surface area contributed by atoms with Gasteiger partial charge in [-0.3, -0.25) is 4.98 Å². The Kier molecular flexibility index (Phi) is 3.06. The standard InChI is InChI=1S/C14H18N4O/c1-8-4-9(2)12(16-5-8)13-17-14(19-18-13)11-7-15-6-10(11)3/h4-5,10-11,15H,6-7H2,1-3H3/t10-,11-/m1/s1. The molecule has 100 valence electrons.